The number of aromatic nitrogens is 2. The largest absolute Gasteiger partial charge is 0.341 e. The number of amides is 2. The van der Waals surface area contributed by atoms with E-state index in [0.717, 1.165) is 52.7 Å². The summed E-state index contributed by atoms with van der Waals surface area (Å²) in [4.78, 5) is 23.9. The van der Waals surface area contributed by atoms with Gasteiger partial charge in [-0.25, -0.2) is 9.78 Å². The molecule has 0 bridgehead atoms. The van der Waals surface area contributed by atoms with E-state index < -0.39 is 0 Å². The third kappa shape index (κ3) is 5.03. The van der Waals surface area contributed by atoms with Gasteiger partial charge in [-0.1, -0.05) is 30.3 Å². The zero-order chi connectivity index (χ0) is 22.6. The molecule has 0 unspecified atom stereocenters. The number of urea groups is 1. The van der Waals surface area contributed by atoms with E-state index in [2.05, 4.69) is 30.8 Å². The fourth-order valence-corrected chi connectivity index (χ4v) is 4.02. The van der Waals surface area contributed by atoms with Gasteiger partial charge >= 0.3 is 6.03 Å². The van der Waals surface area contributed by atoms with Crippen LogP contribution >= 0.6 is 0 Å². The van der Waals surface area contributed by atoms with Crippen LogP contribution in [0.1, 0.15) is 18.5 Å². The number of anilines is 5. The second-order valence-corrected chi connectivity index (χ2v) is 8.23. The molecule has 3 N–H and O–H groups in total. The number of carbonyl (C=O) groups excluding carboxylic acids is 1. The molecule has 0 saturated carbocycles. The van der Waals surface area contributed by atoms with E-state index in [0.29, 0.717) is 5.69 Å². The van der Waals surface area contributed by atoms with Crippen LogP contribution in [0.2, 0.25) is 0 Å². The third-order valence-electron chi connectivity index (χ3n) is 5.65. The molecule has 0 spiro atoms. The summed E-state index contributed by atoms with van der Waals surface area (Å²) in [5.41, 5.74) is 3.27. The molecule has 1 aliphatic heterocycles. The summed E-state index contributed by atoms with van der Waals surface area (Å²) in [6, 6.07) is 23.1. The highest BCUT2D eigenvalue weighted by atomic mass is 16.2. The van der Waals surface area contributed by atoms with Crippen molar-refractivity contribution in [2.45, 2.75) is 19.8 Å². The average Bonchev–Trinajstić information content (AvgIpc) is 3.35. The molecule has 1 saturated heterocycles. The second kappa shape index (κ2) is 9.16. The number of hydrogen-bond donors (Lipinski definition) is 3. The van der Waals surface area contributed by atoms with Crippen molar-refractivity contribution in [2.24, 2.45) is 0 Å². The Morgan fingerprint density at radius 2 is 1.45 bits per heavy atom. The minimum atomic E-state index is -0.285. The van der Waals surface area contributed by atoms with E-state index in [-0.39, 0.29) is 6.03 Å². The molecule has 33 heavy (non-hydrogen) atoms. The van der Waals surface area contributed by atoms with E-state index in [4.69, 9.17) is 0 Å². The molecule has 5 rings (SSSR count). The Morgan fingerprint density at radius 3 is 2.24 bits per heavy atom. The zero-order valence-corrected chi connectivity index (χ0v) is 18.5. The standard InChI is InChI=1S/C26H26N6O/c1-18-16-24(31-25(27-18)32-14-4-5-15-32)28-21-10-12-22(13-11-21)29-26(33)30-23-9-8-19-6-2-3-7-20(19)17-23/h2-3,6-13,16-17H,4-5,14-15H2,1H3,(H,27,28,31)(H2,29,30,33). The molecule has 4 aromatic rings. The number of hydrogen-bond acceptors (Lipinski definition) is 5. The second-order valence-electron chi connectivity index (χ2n) is 8.23. The first-order chi connectivity index (χ1) is 16.1. The molecule has 1 aliphatic rings. The SMILES string of the molecule is Cc1cc(Nc2ccc(NC(=O)Nc3ccc4ccccc4c3)cc2)nc(N2CCCC2)n1. The summed E-state index contributed by atoms with van der Waals surface area (Å²) in [5, 5.41) is 11.3. The minimum Gasteiger partial charge on any atom is -0.341 e. The van der Waals surface area contributed by atoms with Crippen LogP contribution in [0, 0.1) is 6.92 Å². The van der Waals surface area contributed by atoms with Gasteiger partial charge in [0.2, 0.25) is 5.95 Å². The highest BCUT2D eigenvalue weighted by Crippen LogP contribution is 2.23. The molecule has 0 atom stereocenters. The molecule has 3 aromatic carbocycles. The molecule has 0 radical (unpaired) electrons. The van der Waals surface area contributed by atoms with Crippen LogP contribution in [0.15, 0.2) is 72.8 Å². The van der Waals surface area contributed by atoms with E-state index in [1.165, 1.54) is 12.8 Å². The number of nitrogens with one attached hydrogen (secondary N) is 3. The van der Waals surface area contributed by atoms with Crippen LogP contribution in [-0.4, -0.2) is 29.1 Å². The maximum atomic E-state index is 12.4. The molecule has 1 fully saturated rings. The molecule has 7 heteroatoms. The summed E-state index contributed by atoms with van der Waals surface area (Å²) in [6.45, 7) is 3.99. The van der Waals surface area contributed by atoms with Crippen LogP contribution in [0.25, 0.3) is 10.8 Å². The number of rotatable bonds is 5. The summed E-state index contributed by atoms with van der Waals surface area (Å²) in [5.74, 6) is 1.54. The van der Waals surface area contributed by atoms with Crippen LogP contribution in [0.5, 0.6) is 0 Å². The van der Waals surface area contributed by atoms with Crippen molar-refractivity contribution < 1.29 is 4.79 Å². The van der Waals surface area contributed by atoms with Gasteiger partial charge in [0, 0.05) is 41.9 Å². The Hall–Kier alpha value is -4.13. The first-order valence-electron chi connectivity index (χ1n) is 11.2. The van der Waals surface area contributed by atoms with Crippen molar-refractivity contribution in [3.63, 3.8) is 0 Å². The van der Waals surface area contributed by atoms with Crippen molar-refractivity contribution in [3.8, 4) is 0 Å². The molecule has 1 aromatic heterocycles. The molecule has 2 heterocycles. The van der Waals surface area contributed by atoms with Gasteiger partial charge in [-0.3, -0.25) is 0 Å². The van der Waals surface area contributed by atoms with Gasteiger partial charge in [0.15, 0.2) is 0 Å². The predicted octanol–water partition coefficient (Wildman–Crippen LogP) is 5.93. The monoisotopic (exact) mass is 438 g/mol. The topological polar surface area (TPSA) is 82.2 Å². The first kappa shape index (κ1) is 20.8. The maximum Gasteiger partial charge on any atom is 0.323 e. The van der Waals surface area contributed by atoms with E-state index in [9.17, 15) is 4.79 Å². The lowest BCUT2D eigenvalue weighted by atomic mass is 10.1. The van der Waals surface area contributed by atoms with Crippen molar-refractivity contribution in [1.82, 2.24) is 9.97 Å². The quantitative estimate of drug-likeness (QED) is 0.360. The fraction of sp³-hybridized carbons (Fsp3) is 0.192. The summed E-state index contributed by atoms with van der Waals surface area (Å²) in [7, 11) is 0. The van der Waals surface area contributed by atoms with Crippen LogP contribution in [0.4, 0.5) is 33.6 Å². The van der Waals surface area contributed by atoms with Crippen molar-refractivity contribution in [2.75, 3.05) is 33.9 Å². The van der Waals surface area contributed by atoms with Crippen molar-refractivity contribution in [3.05, 3.63) is 78.5 Å². The number of fused-ring (bicyclic) bond motifs is 1. The Bertz CT molecular complexity index is 1280. The van der Waals surface area contributed by atoms with Crippen LogP contribution in [-0.2, 0) is 0 Å². The predicted molar refractivity (Wildman–Crippen MR) is 135 cm³/mol. The average molecular weight is 439 g/mol. The maximum absolute atomic E-state index is 12.4. The van der Waals surface area contributed by atoms with Gasteiger partial charge < -0.3 is 20.9 Å². The molecular weight excluding hydrogens is 412 g/mol. The third-order valence-corrected chi connectivity index (χ3v) is 5.65. The normalized spacial score (nSPS) is 13.2. The highest BCUT2D eigenvalue weighted by molar-refractivity contribution is 6.01. The fourth-order valence-electron chi connectivity index (χ4n) is 4.02. The first-order valence-corrected chi connectivity index (χ1v) is 11.2. The highest BCUT2D eigenvalue weighted by Gasteiger charge is 2.16. The van der Waals surface area contributed by atoms with Gasteiger partial charge in [0.1, 0.15) is 5.82 Å². The lowest BCUT2D eigenvalue weighted by molar-refractivity contribution is 0.262. The Labute approximate surface area is 192 Å². The molecule has 166 valence electrons. The van der Waals surface area contributed by atoms with Gasteiger partial charge in [-0.15, -0.1) is 0 Å². The van der Waals surface area contributed by atoms with Gasteiger partial charge in [0.05, 0.1) is 0 Å². The van der Waals surface area contributed by atoms with Gasteiger partial charge in [-0.05, 0) is 66.9 Å². The number of carbonyl (C=O) groups is 1. The van der Waals surface area contributed by atoms with Gasteiger partial charge in [-0.2, -0.15) is 4.98 Å². The lowest BCUT2D eigenvalue weighted by Crippen LogP contribution is -2.21. The number of nitrogens with zero attached hydrogens (tertiary/aromatic N) is 3. The summed E-state index contributed by atoms with van der Waals surface area (Å²) >= 11 is 0. The van der Waals surface area contributed by atoms with Gasteiger partial charge in [0.25, 0.3) is 0 Å². The summed E-state index contributed by atoms with van der Waals surface area (Å²) in [6.07, 6.45) is 2.37. The van der Waals surface area contributed by atoms with E-state index in [1.54, 1.807) is 0 Å². The Balaban J connectivity index is 1.21. The van der Waals surface area contributed by atoms with E-state index >= 15 is 0 Å². The zero-order valence-electron chi connectivity index (χ0n) is 18.5. The van der Waals surface area contributed by atoms with Crippen molar-refractivity contribution in [1.29, 1.82) is 0 Å². The van der Waals surface area contributed by atoms with Crippen LogP contribution in [0.3, 0.4) is 0 Å². The minimum absolute atomic E-state index is 0.285. The number of aryl methyl sites for hydroxylation is 1. The van der Waals surface area contributed by atoms with E-state index in [1.807, 2.05) is 79.7 Å². The smallest absolute Gasteiger partial charge is 0.323 e. The Morgan fingerprint density at radius 1 is 0.788 bits per heavy atom. The molecule has 2 amide bonds. The molecule has 0 aliphatic carbocycles. The summed E-state index contributed by atoms with van der Waals surface area (Å²) < 4.78 is 0. The van der Waals surface area contributed by atoms with Crippen molar-refractivity contribution >= 4 is 45.6 Å². The number of benzene rings is 3. The lowest BCUT2D eigenvalue weighted by Gasteiger charge is -2.17. The Kier molecular flexibility index (Phi) is 5.76. The molecule has 7 nitrogen and oxygen atoms in total. The van der Waals surface area contributed by atoms with Crippen LogP contribution < -0.4 is 20.9 Å². The molecular formula is C26H26N6O.